The van der Waals surface area contributed by atoms with E-state index in [1.807, 2.05) is 42.5 Å². The van der Waals surface area contributed by atoms with Crippen LogP contribution < -0.4 is 4.74 Å². The maximum absolute atomic E-state index is 12.3. The van der Waals surface area contributed by atoms with Crippen LogP contribution in [0.3, 0.4) is 0 Å². The van der Waals surface area contributed by atoms with Gasteiger partial charge in [-0.15, -0.1) is 0 Å². The summed E-state index contributed by atoms with van der Waals surface area (Å²) in [6.45, 7) is 0. The van der Waals surface area contributed by atoms with Crippen molar-refractivity contribution in [1.29, 1.82) is 0 Å². The van der Waals surface area contributed by atoms with Crippen molar-refractivity contribution in [3.8, 4) is 5.75 Å². The Morgan fingerprint density at radius 3 is 2.27 bits per heavy atom. The van der Waals surface area contributed by atoms with Crippen LogP contribution in [-0.4, -0.2) is 47.1 Å². The number of ether oxygens (including phenoxy) is 1. The molecule has 0 spiro atoms. The second-order valence-electron chi connectivity index (χ2n) is 5.72. The van der Waals surface area contributed by atoms with Gasteiger partial charge in [-0.3, -0.25) is 9.59 Å². The Balaban J connectivity index is 0.00000196. The van der Waals surface area contributed by atoms with Crippen molar-refractivity contribution in [3.63, 3.8) is 0 Å². The van der Waals surface area contributed by atoms with E-state index < -0.39 is 17.5 Å². The second-order valence-corrected chi connectivity index (χ2v) is 5.72. The average Bonchev–Trinajstić information content (AvgIpc) is 2.62. The number of ketones is 2. The van der Waals surface area contributed by atoms with Crippen LogP contribution in [0, 0.1) is 0 Å². The van der Waals surface area contributed by atoms with Gasteiger partial charge in [0.05, 0.1) is 0 Å². The van der Waals surface area contributed by atoms with Crippen LogP contribution in [0.4, 0.5) is 0 Å². The first-order chi connectivity index (χ1) is 12.1. The van der Waals surface area contributed by atoms with Gasteiger partial charge in [-0.25, -0.2) is 4.79 Å². The molecule has 0 radical (unpaired) electrons. The number of allylic oxidation sites excluding steroid dienone is 3. The first kappa shape index (κ1) is 18.3. The Bertz CT molecular complexity index is 1130. The maximum atomic E-state index is 12.3. The van der Waals surface area contributed by atoms with E-state index >= 15 is 0 Å². The number of hydrogen-bond acceptors (Lipinski definition) is 4. The van der Waals surface area contributed by atoms with Gasteiger partial charge in [0, 0.05) is 11.5 Å². The molecule has 0 amide bonds. The van der Waals surface area contributed by atoms with Crippen molar-refractivity contribution >= 4 is 68.6 Å². The second kappa shape index (κ2) is 7.38. The molecule has 122 valence electrons. The van der Waals surface area contributed by atoms with E-state index in [4.69, 9.17) is 4.74 Å². The molecule has 0 fully saturated rings. The molecule has 0 heterocycles. The van der Waals surface area contributed by atoms with Crippen molar-refractivity contribution in [2.24, 2.45) is 0 Å². The molecular weight excluding hydrogens is 339 g/mol. The molecule has 0 aromatic heterocycles. The number of hydrogen-bond donors (Lipinski definition) is 0. The summed E-state index contributed by atoms with van der Waals surface area (Å²) in [5, 5.41) is 3.79. The molecule has 0 saturated heterocycles. The van der Waals surface area contributed by atoms with Gasteiger partial charge in [0.15, 0.2) is 11.6 Å². The van der Waals surface area contributed by atoms with Crippen LogP contribution in [0.5, 0.6) is 5.75 Å². The zero-order valence-corrected chi connectivity index (χ0v) is 13.1. The Morgan fingerprint density at radius 1 is 0.808 bits per heavy atom. The number of carbonyl (C=O) groups excluding carboxylic acids is 3. The molecule has 26 heavy (non-hydrogen) atoms. The van der Waals surface area contributed by atoms with Gasteiger partial charge in [-0.1, -0.05) is 36.4 Å². The monoisotopic (exact) mass is 352 g/mol. The molecule has 4 rings (SSSR count). The number of rotatable bonds is 2. The van der Waals surface area contributed by atoms with E-state index in [2.05, 4.69) is 0 Å². The molecule has 0 N–H and O–H groups in total. The van der Waals surface area contributed by atoms with Crippen LogP contribution in [0.15, 0.2) is 78.4 Å². The fraction of sp³-hybridized carbons (Fsp3) is 0. The zero-order valence-electron chi connectivity index (χ0n) is 13.1. The average molecular weight is 352 g/mol. The summed E-state index contributed by atoms with van der Waals surface area (Å²) in [7, 11) is 0. The van der Waals surface area contributed by atoms with Gasteiger partial charge < -0.3 is 4.74 Å². The first-order valence-corrected chi connectivity index (χ1v) is 7.73. The molecule has 1 aliphatic carbocycles. The SMILES string of the molecule is O=C1C=CC(=O)C(C(=O)Oc2cccc3cc4ccccc4cc23)=C1.[NaH]. The Labute approximate surface area is 171 Å². The zero-order chi connectivity index (χ0) is 17.4. The van der Waals surface area contributed by atoms with Crippen molar-refractivity contribution in [2.45, 2.75) is 0 Å². The number of benzene rings is 3. The third kappa shape index (κ3) is 3.40. The molecule has 0 unspecified atom stereocenters. The molecule has 0 atom stereocenters. The van der Waals surface area contributed by atoms with Gasteiger partial charge in [0.25, 0.3) is 0 Å². The summed E-state index contributed by atoms with van der Waals surface area (Å²) in [4.78, 5) is 35.5. The Hall–Kier alpha value is -2.53. The normalized spacial score (nSPS) is 13.5. The van der Waals surface area contributed by atoms with Crippen molar-refractivity contribution in [3.05, 3.63) is 78.4 Å². The molecule has 5 heteroatoms. The molecule has 0 saturated carbocycles. The van der Waals surface area contributed by atoms with Crippen LogP contribution in [0.1, 0.15) is 0 Å². The van der Waals surface area contributed by atoms with Crippen molar-refractivity contribution < 1.29 is 19.1 Å². The Kier molecular flexibility index (Phi) is 5.18. The van der Waals surface area contributed by atoms with E-state index in [9.17, 15) is 14.4 Å². The van der Waals surface area contributed by atoms with Crippen LogP contribution in [0.25, 0.3) is 21.5 Å². The van der Waals surface area contributed by atoms with Crippen molar-refractivity contribution in [2.75, 3.05) is 0 Å². The summed E-state index contributed by atoms with van der Waals surface area (Å²) in [6.07, 6.45) is 3.21. The van der Waals surface area contributed by atoms with E-state index in [-0.39, 0.29) is 35.1 Å². The van der Waals surface area contributed by atoms with Gasteiger partial charge in [-0.2, -0.15) is 0 Å². The van der Waals surface area contributed by atoms with Gasteiger partial charge >= 0.3 is 35.5 Å². The number of fused-ring (bicyclic) bond motifs is 2. The van der Waals surface area contributed by atoms with Gasteiger partial charge in [0.1, 0.15) is 11.3 Å². The summed E-state index contributed by atoms with van der Waals surface area (Å²) in [6, 6.07) is 17.2. The standard InChI is InChI=1S/C21H12O4.Na.H/c22-16-8-9-19(23)18(12-16)21(24)25-20-7-3-6-15-10-13-4-1-2-5-14(13)11-17(15)20;;/h1-12H;;. The van der Waals surface area contributed by atoms with Gasteiger partial charge in [0.2, 0.25) is 0 Å². The summed E-state index contributed by atoms with van der Waals surface area (Å²) in [5.74, 6) is -1.42. The van der Waals surface area contributed by atoms with E-state index in [0.717, 1.165) is 39.8 Å². The van der Waals surface area contributed by atoms with Crippen LogP contribution >= 0.6 is 0 Å². The fourth-order valence-electron chi connectivity index (χ4n) is 2.85. The predicted molar refractivity (Wildman–Crippen MR) is 101 cm³/mol. The van der Waals surface area contributed by atoms with Crippen LogP contribution in [0.2, 0.25) is 0 Å². The predicted octanol–water partition coefficient (Wildman–Crippen LogP) is 2.88. The molecule has 4 nitrogen and oxygen atoms in total. The summed E-state index contributed by atoms with van der Waals surface area (Å²) in [5.41, 5.74) is -0.259. The van der Waals surface area contributed by atoms with E-state index in [0.29, 0.717) is 5.75 Å². The minimum absolute atomic E-state index is 0. The molecule has 3 aromatic carbocycles. The van der Waals surface area contributed by atoms with E-state index in [1.165, 1.54) is 0 Å². The van der Waals surface area contributed by atoms with Crippen LogP contribution in [-0.2, 0) is 14.4 Å². The minimum atomic E-state index is -0.830. The number of esters is 1. The fourth-order valence-corrected chi connectivity index (χ4v) is 2.85. The topological polar surface area (TPSA) is 60.4 Å². The molecule has 0 bridgehead atoms. The molecule has 0 aliphatic heterocycles. The third-order valence-corrected chi connectivity index (χ3v) is 4.08. The molecule has 1 aliphatic rings. The summed E-state index contributed by atoms with van der Waals surface area (Å²) < 4.78 is 5.42. The number of carbonyl (C=O) groups is 3. The molecule has 3 aromatic rings. The first-order valence-electron chi connectivity index (χ1n) is 7.73. The third-order valence-electron chi connectivity index (χ3n) is 4.08. The Morgan fingerprint density at radius 2 is 1.50 bits per heavy atom. The van der Waals surface area contributed by atoms with Gasteiger partial charge in [-0.05, 0) is 46.5 Å². The summed E-state index contributed by atoms with van der Waals surface area (Å²) >= 11 is 0. The van der Waals surface area contributed by atoms with E-state index in [1.54, 1.807) is 12.1 Å². The van der Waals surface area contributed by atoms with Crippen molar-refractivity contribution in [1.82, 2.24) is 0 Å². The molecular formula is C21H13NaO4. The quantitative estimate of drug-likeness (QED) is 0.178.